The van der Waals surface area contributed by atoms with E-state index in [0.717, 1.165) is 25.9 Å². The van der Waals surface area contributed by atoms with Crippen LogP contribution in [0.2, 0.25) is 0 Å². The number of aromatic amines is 1. The van der Waals surface area contributed by atoms with Crippen LogP contribution in [0.4, 0.5) is 0 Å². The van der Waals surface area contributed by atoms with Crippen molar-refractivity contribution in [3.63, 3.8) is 0 Å². The Morgan fingerprint density at radius 1 is 1.27 bits per heavy atom. The third kappa shape index (κ3) is 5.05. The van der Waals surface area contributed by atoms with Crippen molar-refractivity contribution >= 4 is 22.8 Å². The minimum absolute atomic E-state index is 0.0219. The number of carbonyl (C=O) groups is 2. The summed E-state index contributed by atoms with van der Waals surface area (Å²) in [5.41, 5.74) is 0.591. The van der Waals surface area contributed by atoms with Crippen LogP contribution in [0.15, 0.2) is 23.0 Å². The van der Waals surface area contributed by atoms with E-state index in [-0.39, 0.29) is 23.4 Å². The third-order valence-electron chi connectivity index (χ3n) is 5.88. The van der Waals surface area contributed by atoms with Gasteiger partial charge in [0.2, 0.25) is 5.91 Å². The number of nitrogens with zero attached hydrogens (tertiary/aromatic N) is 2. The molecular formula is C22H30N4O4. The fourth-order valence-corrected chi connectivity index (χ4v) is 3.58. The van der Waals surface area contributed by atoms with Crippen molar-refractivity contribution in [1.82, 2.24) is 20.2 Å². The van der Waals surface area contributed by atoms with E-state index in [0.29, 0.717) is 34.8 Å². The van der Waals surface area contributed by atoms with Crippen LogP contribution in [0.25, 0.3) is 10.9 Å². The van der Waals surface area contributed by atoms with Gasteiger partial charge in [0.05, 0.1) is 30.1 Å². The lowest BCUT2D eigenvalue weighted by atomic mass is 9.95. The molecule has 0 saturated carbocycles. The lowest BCUT2D eigenvalue weighted by molar-refractivity contribution is -0.127. The van der Waals surface area contributed by atoms with Gasteiger partial charge in [0.25, 0.3) is 5.56 Å². The maximum atomic E-state index is 12.5. The number of benzene rings is 1. The molecule has 1 saturated heterocycles. The minimum Gasteiger partial charge on any atom is -0.465 e. The number of hydrogen-bond donors (Lipinski definition) is 2. The number of aromatic nitrogens is 2. The molecule has 1 aromatic heterocycles. The molecule has 1 aromatic carbocycles. The zero-order chi connectivity index (χ0) is 21.8. The first-order valence-corrected chi connectivity index (χ1v) is 10.4. The summed E-state index contributed by atoms with van der Waals surface area (Å²) in [6.07, 6.45) is 1.56. The number of hydrogen-bond acceptors (Lipinski definition) is 6. The largest absolute Gasteiger partial charge is 0.465 e. The maximum Gasteiger partial charge on any atom is 0.337 e. The molecule has 0 aliphatic carbocycles. The van der Waals surface area contributed by atoms with E-state index >= 15 is 0 Å². The molecule has 162 valence electrons. The molecular weight excluding hydrogens is 384 g/mol. The van der Waals surface area contributed by atoms with Gasteiger partial charge in [-0.15, -0.1) is 0 Å². The molecule has 0 spiro atoms. The normalized spacial score (nSPS) is 16.6. The number of ether oxygens (including phenoxy) is 1. The smallest absolute Gasteiger partial charge is 0.337 e. The van der Waals surface area contributed by atoms with Gasteiger partial charge in [-0.3, -0.25) is 14.5 Å². The van der Waals surface area contributed by atoms with Crippen LogP contribution in [0, 0.1) is 11.8 Å². The number of nitrogens with one attached hydrogen (secondary N) is 2. The molecule has 1 amide bonds. The van der Waals surface area contributed by atoms with Crippen LogP contribution in [0.1, 0.15) is 49.8 Å². The highest BCUT2D eigenvalue weighted by Crippen LogP contribution is 2.20. The minimum atomic E-state index is -0.465. The lowest BCUT2D eigenvalue weighted by Gasteiger charge is -2.31. The second-order valence-corrected chi connectivity index (χ2v) is 8.33. The van der Waals surface area contributed by atoms with Crippen molar-refractivity contribution < 1.29 is 14.3 Å². The SMILES string of the molecule is COC(=O)c1ccc2c(=O)[nH]c(CN3CCC(C(=O)NC(C)C(C)C)CC3)nc2c1. The predicted octanol–water partition coefficient (Wildman–Crippen LogP) is 2.08. The number of carbonyl (C=O) groups excluding carboxylic acids is 2. The first kappa shape index (κ1) is 22.0. The van der Waals surface area contributed by atoms with Crippen LogP contribution in [-0.2, 0) is 16.1 Å². The number of methoxy groups -OCH3 is 1. The van der Waals surface area contributed by atoms with Crippen LogP contribution in [-0.4, -0.2) is 53.0 Å². The van der Waals surface area contributed by atoms with Gasteiger partial charge in [-0.05, 0) is 57.0 Å². The summed E-state index contributed by atoms with van der Waals surface area (Å²) in [6.45, 7) is 8.24. The van der Waals surface area contributed by atoms with Gasteiger partial charge in [-0.2, -0.15) is 0 Å². The fraction of sp³-hybridized carbons (Fsp3) is 0.545. The molecule has 0 bridgehead atoms. The van der Waals surface area contributed by atoms with Crippen molar-refractivity contribution in [2.45, 2.75) is 46.2 Å². The van der Waals surface area contributed by atoms with Crippen molar-refractivity contribution in [3.8, 4) is 0 Å². The predicted molar refractivity (Wildman–Crippen MR) is 114 cm³/mol. The number of piperidine rings is 1. The standard InChI is InChI=1S/C22H30N4O4/c1-13(2)14(3)23-20(27)15-7-9-26(10-8-15)12-19-24-18-11-16(22(29)30-4)5-6-17(18)21(28)25-19/h5-6,11,13-15H,7-10,12H2,1-4H3,(H,23,27)(H,24,25,28). The van der Waals surface area contributed by atoms with Gasteiger partial charge in [0, 0.05) is 12.0 Å². The Morgan fingerprint density at radius 3 is 2.60 bits per heavy atom. The summed E-state index contributed by atoms with van der Waals surface area (Å²) < 4.78 is 4.74. The Labute approximate surface area is 176 Å². The summed E-state index contributed by atoms with van der Waals surface area (Å²) >= 11 is 0. The van der Waals surface area contributed by atoms with Gasteiger partial charge < -0.3 is 15.0 Å². The topological polar surface area (TPSA) is 104 Å². The first-order valence-electron chi connectivity index (χ1n) is 10.4. The molecule has 1 fully saturated rings. The van der Waals surface area contributed by atoms with Crippen LogP contribution in [0.5, 0.6) is 0 Å². The molecule has 8 nitrogen and oxygen atoms in total. The Bertz CT molecular complexity index is 977. The molecule has 1 unspecified atom stereocenters. The van der Waals surface area contributed by atoms with Crippen LogP contribution >= 0.6 is 0 Å². The summed E-state index contributed by atoms with van der Waals surface area (Å²) in [4.78, 5) is 46.2. The highest BCUT2D eigenvalue weighted by Gasteiger charge is 2.26. The van der Waals surface area contributed by atoms with Gasteiger partial charge in [0.15, 0.2) is 0 Å². The molecule has 0 radical (unpaired) electrons. The molecule has 8 heteroatoms. The number of H-pyrrole nitrogens is 1. The summed E-state index contributed by atoms with van der Waals surface area (Å²) in [5.74, 6) is 0.639. The van der Waals surface area contributed by atoms with E-state index in [9.17, 15) is 14.4 Å². The average Bonchev–Trinajstić information content (AvgIpc) is 2.73. The van der Waals surface area contributed by atoms with Gasteiger partial charge in [-0.1, -0.05) is 13.8 Å². The third-order valence-corrected chi connectivity index (χ3v) is 5.88. The summed E-state index contributed by atoms with van der Waals surface area (Å²) in [7, 11) is 1.32. The number of amides is 1. The first-order chi connectivity index (χ1) is 14.3. The number of rotatable bonds is 6. The van der Waals surface area contributed by atoms with E-state index < -0.39 is 5.97 Å². The van der Waals surface area contributed by atoms with E-state index in [4.69, 9.17) is 4.74 Å². The van der Waals surface area contributed by atoms with E-state index in [1.807, 2.05) is 6.92 Å². The molecule has 30 heavy (non-hydrogen) atoms. The average molecular weight is 415 g/mol. The maximum absolute atomic E-state index is 12.5. The second kappa shape index (κ2) is 9.38. The zero-order valence-electron chi connectivity index (χ0n) is 18.0. The summed E-state index contributed by atoms with van der Waals surface area (Å²) in [6, 6.07) is 4.88. The number of likely N-dealkylation sites (tertiary alicyclic amines) is 1. The lowest BCUT2D eigenvalue weighted by Crippen LogP contribution is -2.44. The van der Waals surface area contributed by atoms with Gasteiger partial charge in [-0.25, -0.2) is 9.78 Å². The van der Waals surface area contributed by atoms with E-state index in [1.165, 1.54) is 7.11 Å². The Hall–Kier alpha value is -2.74. The Morgan fingerprint density at radius 2 is 1.97 bits per heavy atom. The molecule has 1 aliphatic heterocycles. The zero-order valence-corrected chi connectivity index (χ0v) is 18.0. The molecule has 2 N–H and O–H groups in total. The van der Waals surface area contributed by atoms with Crippen molar-refractivity contribution in [2.24, 2.45) is 11.8 Å². The summed E-state index contributed by atoms with van der Waals surface area (Å²) in [5, 5.41) is 3.54. The number of esters is 1. The van der Waals surface area contributed by atoms with Crippen LogP contribution in [0.3, 0.4) is 0 Å². The van der Waals surface area contributed by atoms with E-state index in [2.05, 4.69) is 34.0 Å². The van der Waals surface area contributed by atoms with Crippen molar-refractivity contribution in [3.05, 3.63) is 39.9 Å². The molecule has 3 rings (SSSR count). The molecule has 1 atom stereocenters. The highest BCUT2D eigenvalue weighted by atomic mass is 16.5. The number of fused-ring (bicyclic) bond motifs is 1. The quantitative estimate of drug-likeness (QED) is 0.702. The molecule has 2 aromatic rings. The van der Waals surface area contributed by atoms with Crippen LogP contribution < -0.4 is 10.9 Å². The van der Waals surface area contributed by atoms with Crippen molar-refractivity contribution in [1.29, 1.82) is 0 Å². The Balaban J connectivity index is 1.65. The Kier molecular flexibility index (Phi) is 6.87. The molecule has 2 heterocycles. The van der Waals surface area contributed by atoms with Crippen molar-refractivity contribution in [2.75, 3.05) is 20.2 Å². The molecule has 1 aliphatic rings. The van der Waals surface area contributed by atoms with Gasteiger partial charge >= 0.3 is 5.97 Å². The fourth-order valence-electron chi connectivity index (χ4n) is 3.58. The van der Waals surface area contributed by atoms with E-state index in [1.54, 1.807) is 18.2 Å². The van der Waals surface area contributed by atoms with Gasteiger partial charge in [0.1, 0.15) is 5.82 Å². The highest BCUT2D eigenvalue weighted by molar-refractivity contribution is 5.93. The second-order valence-electron chi connectivity index (χ2n) is 8.33. The monoisotopic (exact) mass is 414 g/mol.